The predicted molar refractivity (Wildman–Crippen MR) is 110 cm³/mol. The predicted octanol–water partition coefficient (Wildman–Crippen LogP) is 3.58. The van der Waals surface area contributed by atoms with Crippen molar-refractivity contribution in [1.82, 2.24) is 20.8 Å². The summed E-state index contributed by atoms with van der Waals surface area (Å²) in [6.45, 7) is 5.72. The Balaban J connectivity index is 1.46. The van der Waals surface area contributed by atoms with E-state index in [1.54, 1.807) is 18.4 Å². The van der Waals surface area contributed by atoms with Gasteiger partial charge in [-0.05, 0) is 43.2 Å². The first-order valence-electron chi connectivity index (χ1n) is 9.09. The molecule has 2 N–H and O–H groups in total. The number of hydrogen-bond donors (Lipinski definition) is 2. The molecule has 27 heavy (non-hydrogen) atoms. The SMILES string of the molecule is CCc1noc(-c2ccc(CCNC(=NC)NCc3ccc(C)s3)cc2)n1. The summed E-state index contributed by atoms with van der Waals surface area (Å²) in [6, 6.07) is 12.5. The molecule has 0 saturated carbocycles. The van der Waals surface area contributed by atoms with E-state index in [9.17, 15) is 0 Å². The van der Waals surface area contributed by atoms with E-state index in [1.807, 2.05) is 19.1 Å². The Bertz CT molecular complexity index is 882. The maximum absolute atomic E-state index is 5.28. The highest BCUT2D eigenvalue weighted by Gasteiger charge is 2.07. The van der Waals surface area contributed by atoms with Crippen LogP contribution in [0.25, 0.3) is 11.5 Å². The van der Waals surface area contributed by atoms with Crippen LogP contribution in [0.4, 0.5) is 0 Å². The van der Waals surface area contributed by atoms with Crippen molar-refractivity contribution in [2.45, 2.75) is 33.2 Å². The van der Waals surface area contributed by atoms with Crippen molar-refractivity contribution >= 4 is 17.3 Å². The minimum absolute atomic E-state index is 0.574. The summed E-state index contributed by atoms with van der Waals surface area (Å²) >= 11 is 1.80. The lowest BCUT2D eigenvalue weighted by atomic mass is 10.1. The Labute approximate surface area is 163 Å². The second kappa shape index (κ2) is 9.32. The van der Waals surface area contributed by atoms with E-state index < -0.39 is 0 Å². The van der Waals surface area contributed by atoms with Crippen molar-refractivity contribution in [2.24, 2.45) is 4.99 Å². The van der Waals surface area contributed by atoms with E-state index in [2.05, 4.69) is 57.0 Å². The van der Waals surface area contributed by atoms with Gasteiger partial charge in [-0.15, -0.1) is 11.3 Å². The highest BCUT2D eigenvalue weighted by molar-refractivity contribution is 7.11. The summed E-state index contributed by atoms with van der Waals surface area (Å²) in [5.41, 5.74) is 2.19. The summed E-state index contributed by atoms with van der Waals surface area (Å²) in [4.78, 5) is 11.3. The number of aromatic nitrogens is 2. The molecule has 0 aliphatic heterocycles. The molecule has 2 aromatic heterocycles. The van der Waals surface area contributed by atoms with Crippen LogP contribution in [0.1, 0.15) is 28.1 Å². The Morgan fingerprint density at radius 3 is 2.59 bits per heavy atom. The van der Waals surface area contributed by atoms with Crippen molar-refractivity contribution in [2.75, 3.05) is 13.6 Å². The minimum Gasteiger partial charge on any atom is -0.356 e. The zero-order valence-corrected chi connectivity index (χ0v) is 16.8. The van der Waals surface area contributed by atoms with Gasteiger partial charge in [-0.25, -0.2) is 0 Å². The van der Waals surface area contributed by atoms with Gasteiger partial charge in [-0.3, -0.25) is 4.99 Å². The monoisotopic (exact) mass is 383 g/mol. The second-order valence-corrected chi connectivity index (χ2v) is 7.55. The molecule has 0 radical (unpaired) electrons. The lowest BCUT2D eigenvalue weighted by molar-refractivity contribution is 0.423. The molecule has 3 rings (SSSR count). The Hall–Kier alpha value is -2.67. The van der Waals surface area contributed by atoms with Gasteiger partial charge in [0.15, 0.2) is 11.8 Å². The number of nitrogens with one attached hydrogen (secondary N) is 2. The highest BCUT2D eigenvalue weighted by atomic mass is 32.1. The van der Waals surface area contributed by atoms with Crippen molar-refractivity contribution in [1.29, 1.82) is 0 Å². The molecule has 3 aromatic rings. The van der Waals surface area contributed by atoms with E-state index >= 15 is 0 Å². The number of benzene rings is 1. The number of aliphatic imine (C=N–C) groups is 1. The number of thiophene rings is 1. The molecule has 0 bridgehead atoms. The number of rotatable bonds is 7. The zero-order valence-electron chi connectivity index (χ0n) is 16.0. The quantitative estimate of drug-likeness (QED) is 0.482. The summed E-state index contributed by atoms with van der Waals surface area (Å²) in [5.74, 6) is 2.12. The molecule has 2 heterocycles. The average molecular weight is 384 g/mol. The third-order valence-electron chi connectivity index (χ3n) is 4.14. The fraction of sp³-hybridized carbons (Fsp3) is 0.350. The molecule has 1 aromatic carbocycles. The maximum Gasteiger partial charge on any atom is 0.257 e. The molecule has 0 saturated heterocycles. The third kappa shape index (κ3) is 5.40. The Kier molecular flexibility index (Phi) is 6.59. The normalized spacial score (nSPS) is 11.6. The molecule has 0 spiro atoms. The molecule has 0 unspecified atom stereocenters. The summed E-state index contributed by atoms with van der Waals surface area (Å²) in [5, 5.41) is 10.6. The number of nitrogens with zero attached hydrogens (tertiary/aromatic N) is 3. The topological polar surface area (TPSA) is 75.3 Å². The van der Waals surface area contributed by atoms with Crippen LogP contribution < -0.4 is 10.6 Å². The van der Waals surface area contributed by atoms with Crippen LogP contribution in [-0.4, -0.2) is 29.7 Å². The molecule has 142 valence electrons. The zero-order chi connectivity index (χ0) is 19.1. The molecule has 0 aliphatic carbocycles. The van der Waals surface area contributed by atoms with Crippen LogP contribution in [0.2, 0.25) is 0 Å². The van der Waals surface area contributed by atoms with Gasteiger partial charge in [0.05, 0.1) is 6.54 Å². The van der Waals surface area contributed by atoms with Crippen molar-refractivity contribution in [3.05, 3.63) is 57.5 Å². The lowest BCUT2D eigenvalue weighted by Crippen LogP contribution is -2.37. The van der Waals surface area contributed by atoms with Gasteiger partial charge in [0, 0.05) is 35.3 Å². The first-order chi connectivity index (χ1) is 13.2. The molecule has 0 atom stereocenters. The summed E-state index contributed by atoms with van der Waals surface area (Å²) in [6.07, 6.45) is 1.68. The van der Waals surface area contributed by atoms with Gasteiger partial charge in [-0.1, -0.05) is 24.2 Å². The lowest BCUT2D eigenvalue weighted by Gasteiger charge is -2.11. The average Bonchev–Trinajstić information content (AvgIpc) is 3.34. The number of hydrogen-bond acceptors (Lipinski definition) is 5. The fourth-order valence-electron chi connectivity index (χ4n) is 2.63. The fourth-order valence-corrected chi connectivity index (χ4v) is 3.46. The van der Waals surface area contributed by atoms with E-state index in [4.69, 9.17) is 4.52 Å². The minimum atomic E-state index is 0.574. The third-order valence-corrected chi connectivity index (χ3v) is 5.14. The van der Waals surface area contributed by atoms with E-state index in [0.717, 1.165) is 43.3 Å². The molecule has 7 heteroatoms. The van der Waals surface area contributed by atoms with Crippen molar-refractivity contribution < 1.29 is 4.52 Å². The molecular weight excluding hydrogens is 358 g/mol. The molecule has 0 fully saturated rings. The molecule has 6 nitrogen and oxygen atoms in total. The van der Waals surface area contributed by atoms with Crippen LogP contribution in [0, 0.1) is 6.92 Å². The number of guanidine groups is 1. The van der Waals surface area contributed by atoms with Crippen LogP contribution in [0.5, 0.6) is 0 Å². The standard InChI is InChI=1S/C20H25N5OS/c1-4-18-24-19(26-25-18)16-8-6-15(7-9-16)11-12-22-20(21-3)23-13-17-10-5-14(2)27-17/h5-10H,4,11-13H2,1-3H3,(H2,21,22,23). The highest BCUT2D eigenvalue weighted by Crippen LogP contribution is 2.18. The summed E-state index contributed by atoms with van der Waals surface area (Å²) in [7, 11) is 1.79. The van der Waals surface area contributed by atoms with E-state index in [-0.39, 0.29) is 0 Å². The first kappa shape index (κ1) is 19.1. The van der Waals surface area contributed by atoms with Gasteiger partial charge in [0.2, 0.25) is 0 Å². The number of aryl methyl sites for hydroxylation is 2. The molecule has 0 amide bonds. The van der Waals surface area contributed by atoms with E-state index in [1.165, 1.54) is 15.3 Å². The Morgan fingerprint density at radius 1 is 1.15 bits per heavy atom. The van der Waals surface area contributed by atoms with Gasteiger partial charge in [0.1, 0.15) is 0 Å². The molecular formula is C20H25N5OS. The van der Waals surface area contributed by atoms with Gasteiger partial charge < -0.3 is 15.2 Å². The van der Waals surface area contributed by atoms with Crippen molar-refractivity contribution in [3.63, 3.8) is 0 Å². The largest absolute Gasteiger partial charge is 0.356 e. The summed E-state index contributed by atoms with van der Waals surface area (Å²) < 4.78 is 5.28. The van der Waals surface area contributed by atoms with Gasteiger partial charge >= 0.3 is 0 Å². The molecule has 0 aliphatic rings. The van der Waals surface area contributed by atoms with Crippen molar-refractivity contribution in [3.8, 4) is 11.5 Å². The van der Waals surface area contributed by atoms with Gasteiger partial charge in [-0.2, -0.15) is 4.98 Å². The smallest absolute Gasteiger partial charge is 0.257 e. The van der Waals surface area contributed by atoms with E-state index in [0.29, 0.717) is 5.89 Å². The van der Waals surface area contributed by atoms with Crippen LogP contribution >= 0.6 is 11.3 Å². The van der Waals surface area contributed by atoms with Crippen LogP contribution in [0.3, 0.4) is 0 Å². The Morgan fingerprint density at radius 2 is 1.96 bits per heavy atom. The van der Waals surface area contributed by atoms with Crippen LogP contribution in [-0.2, 0) is 19.4 Å². The first-order valence-corrected chi connectivity index (χ1v) is 9.91. The maximum atomic E-state index is 5.28. The van der Waals surface area contributed by atoms with Crippen LogP contribution in [0.15, 0.2) is 45.9 Å². The van der Waals surface area contributed by atoms with Gasteiger partial charge in [0.25, 0.3) is 5.89 Å². The second-order valence-electron chi connectivity index (χ2n) is 6.18.